The van der Waals surface area contributed by atoms with Crippen LogP contribution in [0.3, 0.4) is 0 Å². The van der Waals surface area contributed by atoms with Crippen LogP contribution in [0.15, 0.2) is 0 Å². The summed E-state index contributed by atoms with van der Waals surface area (Å²) in [6.45, 7) is 7.61. The average Bonchev–Trinajstić information content (AvgIpc) is 2.26. The fraction of sp³-hybridized carbons (Fsp3) is 0.833. The van der Waals surface area contributed by atoms with Gasteiger partial charge in [-0.15, -0.1) is 0 Å². The molecule has 0 saturated heterocycles. The molecule has 0 rings (SSSR count). The first-order valence-corrected chi connectivity index (χ1v) is 10.3. The van der Waals surface area contributed by atoms with Gasteiger partial charge in [-0.05, 0) is 25.3 Å². The molecule has 0 radical (unpaired) electrons. The molecule has 19 heavy (non-hydrogen) atoms. The molecule has 0 aromatic carbocycles. The van der Waals surface area contributed by atoms with Gasteiger partial charge < -0.3 is 20.9 Å². The summed E-state index contributed by atoms with van der Waals surface area (Å²) in [6.07, 6.45) is 1.38. The molecule has 0 aliphatic heterocycles. The lowest BCUT2D eigenvalue weighted by atomic mass is 10.1. The van der Waals surface area contributed by atoms with Crippen molar-refractivity contribution in [3.05, 3.63) is 0 Å². The van der Waals surface area contributed by atoms with Gasteiger partial charge >= 0.3 is 12.1 Å². The molecule has 0 bridgehead atoms. The Kier molecular flexibility index (Phi) is 8.41. The summed E-state index contributed by atoms with van der Waals surface area (Å²) in [6, 6.07) is 0.136. The van der Waals surface area contributed by atoms with Crippen molar-refractivity contribution in [2.75, 3.05) is 13.2 Å². The lowest BCUT2D eigenvalue weighted by molar-refractivity contribution is -0.138. The third kappa shape index (κ3) is 11.7. The molecule has 1 atom stereocenters. The number of unbranched alkanes of at least 4 members (excludes halogenated alkanes) is 1. The van der Waals surface area contributed by atoms with Crippen molar-refractivity contribution in [3.8, 4) is 0 Å². The quantitative estimate of drug-likeness (QED) is 0.442. The third-order valence-electron chi connectivity index (χ3n) is 2.61. The van der Waals surface area contributed by atoms with E-state index >= 15 is 0 Å². The second kappa shape index (κ2) is 8.92. The van der Waals surface area contributed by atoms with E-state index in [9.17, 15) is 9.59 Å². The van der Waals surface area contributed by atoms with Crippen LogP contribution in [0.2, 0.25) is 25.7 Å². The Morgan fingerprint density at radius 3 is 2.47 bits per heavy atom. The van der Waals surface area contributed by atoms with Gasteiger partial charge in [-0.25, -0.2) is 4.79 Å². The van der Waals surface area contributed by atoms with Crippen LogP contribution in [0, 0.1) is 0 Å². The number of carboxylic acid groups (broad SMARTS) is 1. The summed E-state index contributed by atoms with van der Waals surface area (Å²) in [5.41, 5.74) is 5.36. The first-order valence-electron chi connectivity index (χ1n) is 6.61. The standard InChI is InChI=1S/C12H26N2O4Si/c1-19(2,3)9-8-18-12(17)14-7-5-4-6-10(13)11(15)16/h10H,4-9,13H2,1-3H3,(H,14,17)(H,15,16)/t10-/m1/s1. The maximum atomic E-state index is 11.3. The number of rotatable bonds is 9. The molecule has 112 valence electrons. The maximum absolute atomic E-state index is 11.3. The fourth-order valence-corrected chi connectivity index (χ4v) is 2.02. The van der Waals surface area contributed by atoms with Crippen molar-refractivity contribution < 1.29 is 19.4 Å². The number of carbonyl (C=O) groups excluding carboxylic acids is 1. The maximum Gasteiger partial charge on any atom is 0.407 e. The van der Waals surface area contributed by atoms with Crippen LogP contribution in [0.1, 0.15) is 19.3 Å². The summed E-state index contributed by atoms with van der Waals surface area (Å²) in [5, 5.41) is 11.2. The second-order valence-electron chi connectivity index (χ2n) is 5.81. The van der Waals surface area contributed by atoms with E-state index in [1.165, 1.54) is 0 Å². The SMILES string of the molecule is C[Si](C)(C)CCOC(=O)NCCCC[C@@H](N)C(=O)O. The minimum Gasteiger partial charge on any atom is -0.480 e. The fourth-order valence-electron chi connectivity index (χ4n) is 1.30. The van der Waals surface area contributed by atoms with Gasteiger partial charge in [0.2, 0.25) is 0 Å². The van der Waals surface area contributed by atoms with Gasteiger partial charge in [-0.2, -0.15) is 0 Å². The summed E-state index contributed by atoms with van der Waals surface area (Å²) in [5.74, 6) is -0.987. The first-order chi connectivity index (χ1) is 8.72. The van der Waals surface area contributed by atoms with Gasteiger partial charge in [-0.1, -0.05) is 19.6 Å². The molecule has 0 spiro atoms. The Morgan fingerprint density at radius 2 is 1.95 bits per heavy atom. The van der Waals surface area contributed by atoms with Crippen LogP contribution in [0.4, 0.5) is 4.79 Å². The smallest absolute Gasteiger partial charge is 0.407 e. The predicted molar refractivity (Wildman–Crippen MR) is 77.0 cm³/mol. The average molecular weight is 290 g/mol. The zero-order valence-corrected chi connectivity index (χ0v) is 13.1. The van der Waals surface area contributed by atoms with Gasteiger partial charge in [0, 0.05) is 14.6 Å². The zero-order chi connectivity index (χ0) is 14.9. The molecule has 0 aromatic heterocycles. The highest BCUT2D eigenvalue weighted by Crippen LogP contribution is 2.07. The van der Waals surface area contributed by atoms with E-state index in [0.717, 1.165) is 6.04 Å². The largest absolute Gasteiger partial charge is 0.480 e. The van der Waals surface area contributed by atoms with Crippen LogP contribution in [-0.4, -0.2) is 44.4 Å². The highest BCUT2D eigenvalue weighted by Gasteiger charge is 2.13. The van der Waals surface area contributed by atoms with Crippen LogP contribution in [0.25, 0.3) is 0 Å². The van der Waals surface area contributed by atoms with Crippen molar-refractivity contribution in [2.24, 2.45) is 5.73 Å². The molecular weight excluding hydrogens is 264 g/mol. The van der Waals surface area contributed by atoms with Gasteiger partial charge in [-0.3, -0.25) is 4.79 Å². The van der Waals surface area contributed by atoms with Crippen molar-refractivity contribution >= 4 is 20.1 Å². The van der Waals surface area contributed by atoms with Crippen LogP contribution >= 0.6 is 0 Å². The first kappa shape index (κ1) is 17.9. The van der Waals surface area contributed by atoms with Gasteiger partial charge in [0.25, 0.3) is 0 Å². The van der Waals surface area contributed by atoms with Gasteiger partial charge in [0.1, 0.15) is 6.04 Å². The van der Waals surface area contributed by atoms with Crippen LogP contribution < -0.4 is 11.1 Å². The van der Waals surface area contributed by atoms with Crippen molar-refractivity contribution in [2.45, 2.75) is 51.0 Å². The van der Waals surface area contributed by atoms with Gasteiger partial charge in [0.05, 0.1) is 6.61 Å². The van der Waals surface area contributed by atoms with E-state index < -0.39 is 26.2 Å². The summed E-state index contributed by atoms with van der Waals surface area (Å²) in [7, 11) is -1.17. The molecule has 0 heterocycles. The number of hydrogen-bond acceptors (Lipinski definition) is 4. The molecule has 7 heteroatoms. The lowest BCUT2D eigenvalue weighted by Crippen LogP contribution is -2.31. The van der Waals surface area contributed by atoms with E-state index in [2.05, 4.69) is 25.0 Å². The summed E-state index contributed by atoms with van der Waals surface area (Å²) in [4.78, 5) is 21.8. The van der Waals surface area contributed by atoms with E-state index in [1.807, 2.05) is 0 Å². The number of amides is 1. The molecule has 0 saturated carbocycles. The Labute approximate surface area is 115 Å². The third-order valence-corrected chi connectivity index (χ3v) is 4.32. The highest BCUT2D eigenvalue weighted by molar-refractivity contribution is 6.76. The van der Waals surface area contributed by atoms with E-state index in [1.54, 1.807) is 0 Å². The van der Waals surface area contributed by atoms with Crippen molar-refractivity contribution in [1.29, 1.82) is 0 Å². The number of hydrogen-bond donors (Lipinski definition) is 3. The number of alkyl carbamates (subject to hydrolysis) is 1. The number of aliphatic carboxylic acids is 1. The Bertz CT molecular complexity index is 292. The van der Waals surface area contributed by atoms with Crippen molar-refractivity contribution in [1.82, 2.24) is 5.32 Å². The molecule has 0 fully saturated rings. The highest BCUT2D eigenvalue weighted by atomic mass is 28.3. The number of nitrogens with two attached hydrogens (primary N) is 1. The monoisotopic (exact) mass is 290 g/mol. The summed E-state index contributed by atoms with van der Waals surface area (Å²) >= 11 is 0. The minimum atomic E-state index is -1.17. The molecule has 4 N–H and O–H groups in total. The van der Waals surface area contributed by atoms with Crippen molar-refractivity contribution in [3.63, 3.8) is 0 Å². The van der Waals surface area contributed by atoms with E-state index in [-0.39, 0.29) is 0 Å². The minimum absolute atomic E-state index is 0.402. The molecular formula is C12H26N2O4Si. The molecule has 1 amide bonds. The Hall–Kier alpha value is -1.08. The number of nitrogens with one attached hydrogen (secondary N) is 1. The Morgan fingerprint density at radius 1 is 1.32 bits per heavy atom. The second-order valence-corrected chi connectivity index (χ2v) is 11.4. The van der Waals surface area contributed by atoms with E-state index in [0.29, 0.717) is 32.4 Å². The molecule has 6 nitrogen and oxygen atoms in total. The number of carbonyl (C=O) groups is 2. The van der Waals surface area contributed by atoms with Gasteiger partial charge in [0.15, 0.2) is 0 Å². The number of ether oxygens (including phenoxy) is 1. The van der Waals surface area contributed by atoms with E-state index in [4.69, 9.17) is 15.6 Å². The van der Waals surface area contributed by atoms with Crippen LogP contribution in [0.5, 0.6) is 0 Å². The normalized spacial score (nSPS) is 12.8. The summed E-state index contributed by atoms with van der Waals surface area (Å²) < 4.78 is 5.05. The number of carboxylic acids is 1. The Balaban J connectivity index is 3.47. The topological polar surface area (TPSA) is 102 Å². The zero-order valence-electron chi connectivity index (χ0n) is 12.1. The predicted octanol–water partition coefficient (Wildman–Crippen LogP) is 1.63. The van der Waals surface area contributed by atoms with Crippen LogP contribution in [-0.2, 0) is 9.53 Å². The molecule has 0 aromatic rings. The molecule has 0 unspecified atom stereocenters. The lowest BCUT2D eigenvalue weighted by Gasteiger charge is -2.15. The molecule has 0 aliphatic rings. The molecule has 0 aliphatic carbocycles.